The first kappa shape index (κ1) is 4.30. The van der Waals surface area contributed by atoms with Crippen LogP contribution in [0.25, 0.3) is 0 Å². The van der Waals surface area contributed by atoms with Crippen molar-refractivity contribution in [1.29, 1.82) is 0 Å². The molecule has 0 N–H and O–H groups in total. The highest BCUT2D eigenvalue weighted by Crippen LogP contribution is 1.95. The van der Waals surface area contributed by atoms with Gasteiger partial charge in [0.1, 0.15) is 13.6 Å². The number of nitrogens with zero attached hydrogens (tertiary/aromatic N) is 2. The Hall–Kier alpha value is -0.860. The predicted molar refractivity (Wildman–Crippen MR) is 24.8 cm³/mol. The van der Waals surface area contributed by atoms with Crippen molar-refractivity contribution in [3.63, 3.8) is 0 Å². The highest BCUT2D eigenvalue weighted by molar-refractivity contribution is 4.78. The van der Waals surface area contributed by atoms with E-state index in [1.54, 1.807) is 6.08 Å². The zero-order valence-corrected chi connectivity index (χ0v) is 3.87. The van der Waals surface area contributed by atoms with Crippen LogP contribution >= 0.6 is 0 Å². The summed E-state index contributed by atoms with van der Waals surface area (Å²) in [5, 5.41) is 1.32. The Morgan fingerprint density at radius 1 is 1.86 bits per heavy atom. The van der Waals surface area contributed by atoms with E-state index < -0.39 is 0 Å². The Morgan fingerprint density at radius 3 is 2.71 bits per heavy atom. The van der Waals surface area contributed by atoms with Crippen LogP contribution in [-0.2, 0) is 0 Å². The lowest BCUT2D eigenvalue weighted by molar-refractivity contribution is -0.628. The smallest absolute Gasteiger partial charge is 0.129 e. The van der Waals surface area contributed by atoms with Gasteiger partial charge in [-0.15, -0.1) is 5.01 Å². The average Bonchev–Trinajstić information content (AvgIpc) is 1.91. The summed E-state index contributed by atoms with van der Waals surface area (Å²) >= 11 is 0. The van der Waals surface area contributed by atoms with Crippen LogP contribution in [0.5, 0.6) is 0 Å². The summed E-state index contributed by atoms with van der Waals surface area (Å²) in [7, 11) is 3.40. The normalized spacial score (nSPS) is 19.0. The molecule has 0 amide bonds. The molecule has 0 bridgehead atoms. The van der Waals surface area contributed by atoms with Crippen molar-refractivity contribution in [3.05, 3.63) is 24.2 Å². The second-order valence-electron chi connectivity index (χ2n) is 1.38. The van der Waals surface area contributed by atoms with Crippen LogP contribution in [0.4, 0.5) is 0 Å². The summed E-state index contributed by atoms with van der Waals surface area (Å²) in [6.45, 7) is 0.628. The summed E-state index contributed by atoms with van der Waals surface area (Å²) in [5.74, 6) is 0. The van der Waals surface area contributed by atoms with Crippen molar-refractivity contribution in [3.8, 4) is 0 Å². The number of hydrazine groups is 1. The summed E-state index contributed by atoms with van der Waals surface area (Å²) < 4.78 is 0. The minimum Gasteiger partial charge on any atom is -0.129 e. The second-order valence-corrected chi connectivity index (χ2v) is 1.38. The van der Waals surface area contributed by atoms with Gasteiger partial charge in [0.2, 0.25) is 0 Å². The standard InChI is InChI=1S/C4H6N2O/c1-5-3-2-4-6(5)7/h2,4H,1,3H2/q+1. The molecule has 0 aromatic rings. The van der Waals surface area contributed by atoms with Gasteiger partial charge in [0.15, 0.2) is 4.87 Å². The van der Waals surface area contributed by atoms with E-state index in [4.69, 9.17) is 0 Å². The first-order valence-electron chi connectivity index (χ1n) is 2.01. The zero-order chi connectivity index (χ0) is 5.28. The molecule has 1 rings (SSSR count). The highest BCUT2D eigenvalue weighted by atomic mass is 16.3. The maximum atomic E-state index is 10.3. The van der Waals surface area contributed by atoms with Crippen LogP contribution in [-0.4, -0.2) is 16.4 Å². The van der Waals surface area contributed by atoms with E-state index in [0.717, 1.165) is 0 Å². The van der Waals surface area contributed by atoms with Gasteiger partial charge in [-0.1, -0.05) is 0 Å². The third-order valence-electron chi connectivity index (χ3n) is 0.828. The fourth-order valence-corrected chi connectivity index (χ4v) is 0.434. The van der Waals surface area contributed by atoms with E-state index in [1.165, 1.54) is 11.2 Å². The number of hydrogen-bond acceptors (Lipinski definition) is 1. The summed E-state index contributed by atoms with van der Waals surface area (Å²) in [4.78, 5) is 11.0. The molecule has 0 aliphatic carbocycles. The van der Waals surface area contributed by atoms with E-state index in [0.29, 0.717) is 11.4 Å². The third-order valence-corrected chi connectivity index (χ3v) is 0.828. The molecule has 1 aliphatic heterocycles. The van der Waals surface area contributed by atoms with E-state index in [9.17, 15) is 4.91 Å². The Labute approximate surface area is 41.8 Å². The van der Waals surface area contributed by atoms with E-state index in [2.05, 4.69) is 7.05 Å². The Kier molecular flexibility index (Phi) is 0.817. The first-order chi connectivity index (χ1) is 3.30. The quantitative estimate of drug-likeness (QED) is 0.407. The SMILES string of the molecule is [CH2]N1CC=C[N+]1=O. The number of hydrogen-bond donors (Lipinski definition) is 0. The predicted octanol–water partition coefficient (Wildman–Crippen LogP) is 0.301. The van der Waals surface area contributed by atoms with Gasteiger partial charge in [-0.3, -0.25) is 0 Å². The van der Waals surface area contributed by atoms with Gasteiger partial charge in [-0.25, -0.2) is 0 Å². The Morgan fingerprint density at radius 2 is 2.57 bits per heavy atom. The topological polar surface area (TPSA) is 23.3 Å². The van der Waals surface area contributed by atoms with Crippen molar-refractivity contribution in [1.82, 2.24) is 5.01 Å². The Balaban J connectivity index is 2.62. The lowest BCUT2D eigenvalue weighted by Gasteiger charge is -1.92. The van der Waals surface area contributed by atoms with Crippen molar-refractivity contribution >= 4 is 0 Å². The van der Waals surface area contributed by atoms with Crippen LogP contribution in [0, 0.1) is 12.0 Å². The monoisotopic (exact) mass is 98.0 g/mol. The van der Waals surface area contributed by atoms with Crippen molar-refractivity contribution < 1.29 is 4.87 Å². The van der Waals surface area contributed by atoms with Crippen LogP contribution in [0.15, 0.2) is 12.3 Å². The van der Waals surface area contributed by atoms with Crippen molar-refractivity contribution in [2.24, 2.45) is 0 Å². The number of nitroso groups, excluding NO2 is 1. The molecule has 0 aromatic carbocycles. The lowest BCUT2D eigenvalue weighted by Crippen LogP contribution is -2.17. The molecular weight excluding hydrogens is 92.1 g/mol. The van der Waals surface area contributed by atoms with Gasteiger partial charge in [0, 0.05) is 6.08 Å². The van der Waals surface area contributed by atoms with E-state index in [1.807, 2.05) is 0 Å². The average molecular weight is 98.1 g/mol. The molecule has 1 radical (unpaired) electrons. The van der Waals surface area contributed by atoms with E-state index >= 15 is 0 Å². The van der Waals surface area contributed by atoms with Crippen LogP contribution in [0.1, 0.15) is 0 Å². The highest BCUT2D eigenvalue weighted by Gasteiger charge is 2.15. The van der Waals surface area contributed by atoms with E-state index in [-0.39, 0.29) is 0 Å². The summed E-state index contributed by atoms with van der Waals surface area (Å²) in [6, 6.07) is 0. The second kappa shape index (κ2) is 1.33. The molecule has 3 nitrogen and oxygen atoms in total. The molecule has 0 atom stereocenters. The van der Waals surface area contributed by atoms with Gasteiger partial charge in [-0.2, -0.15) is 0 Å². The van der Waals surface area contributed by atoms with Gasteiger partial charge >= 0.3 is 0 Å². The molecule has 1 aliphatic rings. The summed E-state index contributed by atoms with van der Waals surface area (Å²) in [6.07, 6.45) is 3.19. The molecule has 0 aromatic heterocycles. The molecule has 1 heterocycles. The molecule has 0 unspecified atom stereocenters. The van der Waals surface area contributed by atoms with Crippen LogP contribution in [0.2, 0.25) is 0 Å². The molecule has 0 spiro atoms. The minimum absolute atomic E-state index is 0.628. The minimum atomic E-state index is 0.628. The van der Waals surface area contributed by atoms with Crippen LogP contribution in [0.3, 0.4) is 0 Å². The largest absolute Gasteiger partial charge is 0.255 e. The molecule has 0 saturated heterocycles. The lowest BCUT2D eigenvalue weighted by atomic mass is 10.6. The van der Waals surface area contributed by atoms with Crippen molar-refractivity contribution in [2.75, 3.05) is 6.54 Å². The van der Waals surface area contributed by atoms with Crippen LogP contribution < -0.4 is 0 Å². The van der Waals surface area contributed by atoms with Crippen molar-refractivity contribution in [2.45, 2.75) is 0 Å². The maximum Gasteiger partial charge on any atom is 0.255 e. The summed E-state index contributed by atoms with van der Waals surface area (Å²) in [5.41, 5.74) is 0. The van der Waals surface area contributed by atoms with Gasteiger partial charge in [0.25, 0.3) is 6.20 Å². The maximum absolute atomic E-state index is 10.3. The molecule has 0 fully saturated rings. The van der Waals surface area contributed by atoms with Gasteiger partial charge < -0.3 is 0 Å². The zero-order valence-electron chi connectivity index (χ0n) is 3.87. The molecular formula is C4H6N2O+. The molecule has 37 valence electrons. The first-order valence-corrected chi connectivity index (χ1v) is 2.01. The Bertz CT molecular complexity index is 119. The fraction of sp³-hybridized carbons (Fsp3) is 0.250. The fourth-order valence-electron chi connectivity index (χ4n) is 0.434. The molecule has 7 heavy (non-hydrogen) atoms. The van der Waals surface area contributed by atoms with Gasteiger partial charge in [0.05, 0.1) is 4.91 Å². The molecule has 0 saturated carbocycles. The molecule has 3 heteroatoms. The number of rotatable bonds is 0. The third kappa shape index (κ3) is 0.607. The van der Waals surface area contributed by atoms with Gasteiger partial charge in [-0.05, 0) is 0 Å².